The molecule has 3 amide bonds. The van der Waals surface area contributed by atoms with E-state index in [1.807, 2.05) is 39.0 Å². The fourth-order valence-electron chi connectivity index (χ4n) is 5.59. The molecule has 200 valence electrons. The number of piperidine rings is 2. The summed E-state index contributed by atoms with van der Waals surface area (Å²) in [6.45, 7) is 6.91. The predicted molar refractivity (Wildman–Crippen MR) is 136 cm³/mol. The van der Waals surface area contributed by atoms with Crippen LogP contribution in [0.1, 0.15) is 76.8 Å². The number of hydrogen-bond donors (Lipinski definition) is 1. The van der Waals surface area contributed by atoms with Crippen LogP contribution in [0.3, 0.4) is 0 Å². The number of imide groups is 1. The third-order valence-corrected chi connectivity index (χ3v) is 7.68. The summed E-state index contributed by atoms with van der Waals surface area (Å²) in [5.41, 5.74) is 1.90. The Hall–Kier alpha value is -3.14. The summed E-state index contributed by atoms with van der Waals surface area (Å²) in [6, 6.07) is 5.31. The quantitative estimate of drug-likeness (QED) is 0.631. The van der Waals surface area contributed by atoms with Gasteiger partial charge < -0.3 is 14.4 Å². The molecule has 1 aromatic carbocycles. The molecule has 2 aliphatic heterocycles. The molecule has 1 aliphatic carbocycles. The smallest absolute Gasteiger partial charge is 0.410 e. The average Bonchev–Trinajstić information content (AvgIpc) is 3.05. The molecule has 1 N–H and O–H groups in total. The molecule has 3 fully saturated rings. The summed E-state index contributed by atoms with van der Waals surface area (Å²) in [5, 5.41) is 2.35. The first kappa shape index (κ1) is 25.5. The van der Waals surface area contributed by atoms with Gasteiger partial charge in [-0.15, -0.1) is 0 Å². The molecule has 2 aromatic rings. The van der Waals surface area contributed by atoms with E-state index in [2.05, 4.69) is 5.32 Å². The van der Waals surface area contributed by atoms with Crippen LogP contribution in [-0.4, -0.2) is 62.8 Å². The van der Waals surface area contributed by atoms with Crippen molar-refractivity contribution in [3.63, 3.8) is 0 Å². The van der Waals surface area contributed by atoms with E-state index in [0.717, 1.165) is 36.8 Å². The first-order chi connectivity index (χ1) is 17.5. The summed E-state index contributed by atoms with van der Waals surface area (Å²) in [7, 11) is 1.72. The molecule has 1 unspecified atom stereocenters. The van der Waals surface area contributed by atoms with Crippen LogP contribution in [-0.2, 0) is 26.1 Å². The van der Waals surface area contributed by atoms with E-state index in [1.54, 1.807) is 16.5 Å². The number of aromatic nitrogens is 2. The van der Waals surface area contributed by atoms with Crippen LogP contribution in [0.25, 0.3) is 11.0 Å². The molecule has 2 saturated heterocycles. The van der Waals surface area contributed by atoms with Gasteiger partial charge in [-0.3, -0.25) is 24.0 Å². The van der Waals surface area contributed by atoms with Gasteiger partial charge >= 0.3 is 11.8 Å². The highest BCUT2D eigenvalue weighted by Gasteiger charge is 2.36. The van der Waals surface area contributed by atoms with Gasteiger partial charge in [0.15, 0.2) is 0 Å². The molecule has 1 aromatic heterocycles. The Kier molecular flexibility index (Phi) is 6.64. The third-order valence-electron chi connectivity index (χ3n) is 7.68. The second-order valence-electron chi connectivity index (χ2n) is 11.5. The van der Waals surface area contributed by atoms with Crippen molar-refractivity contribution in [2.45, 2.75) is 89.1 Å². The van der Waals surface area contributed by atoms with Crippen LogP contribution < -0.4 is 11.0 Å². The number of fused-ring (bicyclic) bond motifs is 1. The zero-order valence-corrected chi connectivity index (χ0v) is 22.0. The van der Waals surface area contributed by atoms with Gasteiger partial charge in [0.1, 0.15) is 11.6 Å². The van der Waals surface area contributed by atoms with E-state index in [1.165, 1.54) is 4.57 Å². The topological polar surface area (TPSA) is 112 Å². The molecule has 0 spiro atoms. The molecule has 1 saturated carbocycles. The summed E-state index contributed by atoms with van der Waals surface area (Å²) < 4.78 is 14.9. The number of carbonyl (C=O) groups is 3. The van der Waals surface area contributed by atoms with Crippen LogP contribution in [0.4, 0.5) is 4.79 Å². The predicted octanol–water partition coefficient (Wildman–Crippen LogP) is 2.98. The van der Waals surface area contributed by atoms with Gasteiger partial charge in [0, 0.05) is 26.6 Å². The normalized spacial score (nSPS) is 25.2. The maximum Gasteiger partial charge on any atom is 0.410 e. The van der Waals surface area contributed by atoms with E-state index in [9.17, 15) is 19.2 Å². The van der Waals surface area contributed by atoms with Crippen molar-refractivity contribution in [2.75, 3.05) is 13.1 Å². The highest BCUT2D eigenvalue weighted by atomic mass is 16.6. The Labute approximate surface area is 215 Å². The minimum absolute atomic E-state index is 0.149. The molecule has 3 aliphatic rings. The maximum atomic E-state index is 13.0. The van der Waals surface area contributed by atoms with Crippen LogP contribution in [0.15, 0.2) is 23.0 Å². The second-order valence-corrected chi connectivity index (χ2v) is 11.5. The standard InChI is InChI=1S/C27H36N4O6/c1-27(2,3)37-26(35)30-11-9-18(10-12-30)36-19-13-17(14-19)16-5-6-20-22(15-16)29(4)25(34)31(20)21-7-8-23(32)28-24(21)33/h5-6,15,17-19,21H,7-14H2,1-4H3,(H,28,32,33). The third kappa shape index (κ3) is 5.16. The van der Waals surface area contributed by atoms with Crippen molar-refractivity contribution >= 4 is 28.9 Å². The van der Waals surface area contributed by atoms with E-state index in [4.69, 9.17) is 9.47 Å². The monoisotopic (exact) mass is 512 g/mol. The lowest BCUT2D eigenvalue weighted by atomic mass is 9.77. The molecule has 10 nitrogen and oxygen atoms in total. The van der Waals surface area contributed by atoms with Gasteiger partial charge in [0.2, 0.25) is 11.8 Å². The summed E-state index contributed by atoms with van der Waals surface area (Å²) >= 11 is 0. The Balaban J connectivity index is 1.18. The molecule has 5 rings (SSSR count). The molecule has 10 heteroatoms. The number of hydrogen-bond acceptors (Lipinski definition) is 6. The van der Waals surface area contributed by atoms with Gasteiger partial charge in [-0.05, 0) is 76.5 Å². The highest BCUT2D eigenvalue weighted by molar-refractivity contribution is 6.00. The van der Waals surface area contributed by atoms with Gasteiger partial charge in [0.05, 0.1) is 23.2 Å². The van der Waals surface area contributed by atoms with Crippen LogP contribution >= 0.6 is 0 Å². The zero-order chi connectivity index (χ0) is 26.5. The lowest BCUT2D eigenvalue weighted by molar-refractivity contribution is -0.135. The number of nitrogens with one attached hydrogen (secondary N) is 1. The number of imidazole rings is 1. The summed E-state index contributed by atoms with van der Waals surface area (Å²) in [5.74, 6) is -0.372. The first-order valence-electron chi connectivity index (χ1n) is 13.2. The maximum absolute atomic E-state index is 13.0. The first-order valence-corrected chi connectivity index (χ1v) is 13.2. The molecular formula is C27H36N4O6. The number of carbonyl (C=O) groups excluding carboxylic acids is 3. The van der Waals surface area contributed by atoms with Crippen molar-refractivity contribution < 1.29 is 23.9 Å². The Morgan fingerprint density at radius 1 is 1.00 bits per heavy atom. The summed E-state index contributed by atoms with van der Waals surface area (Å²) in [6.07, 6.45) is 4.08. The van der Waals surface area contributed by atoms with Crippen molar-refractivity contribution in [1.29, 1.82) is 0 Å². The minimum Gasteiger partial charge on any atom is -0.444 e. The number of benzene rings is 1. The Morgan fingerprint density at radius 3 is 2.35 bits per heavy atom. The van der Waals surface area contributed by atoms with Crippen LogP contribution in [0.5, 0.6) is 0 Å². The molecule has 0 radical (unpaired) electrons. The van der Waals surface area contributed by atoms with Crippen molar-refractivity contribution in [2.24, 2.45) is 7.05 Å². The Bertz CT molecular complexity index is 1270. The number of rotatable bonds is 4. The highest BCUT2D eigenvalue weighted by Crippen LogP contribution is 2.41. The van der Waals surface area contributed by atoms with Crippen molar-refractivity contribution in [3.05, 3.63) is 34.2 Å². The van der Waals surface area contributed by atoms with Crippen molar-refractivity contribution in [1.82, 2.24) is 19.4 Å². The molecule has 3 heterocycles. The SMILES string of the molecule is Cn1c(=O)n(C2CCC(=O)NC2=O)c2ccc(C3CC(OC4CCN(C(=O)OC(C)(C)C)CC4)C3)cc21. The van der Waals surface area contributed by atoms with Crippen LogP contribution in [0, 0.1) is 0 Å². The number of aryl methyl sites for hydroxylation is 1. The Morgan fingerprint density at radius 2 is 1.70 bits per heavy atom. The molecular weight excluding hydrogens is 476 g/mol. The minimum atomic E-state index is -0.678. The molecule has 0 bridgehead atoms. The van der Waals surface area contributed by atoms with Gasteiger partial charge in [-0.2, -0.15) is 0 Å². The molecule has 37 heavy (non-hydrogen) atoms. The van der Waals surface area contributed by atoms with Crippen molar-refractivity contribution in [3.8, 4) is 0 Å². The van der Waals surface area contributed by atoms with Crippen LogP contribution in [0.2, 0.25) is 0 Å². The number of likely N-dealkylation sites (tertiary alicyclic amines) is 1. The molecule has 1 atom stereocenters. The van der Waals surface area contributed by atoms with Gasteiger partial charge in [0.25, 0.3) is 0 Å². The van der Waals surface area contributed by atoms with E-state index in [0.29, 0.717) is 30.9 Å². The number of nitrogens with zero attached hydrogens (tertiary/aromatic N) is 3. The number of ether oxygens (including phenoxy) is 2. The lowest BCUT2D eigenvalue weighted by Gasteiger charge is -2.40. The van der Waals surface area contributed by atoms with E-state index >= 15 is 0 Å². The van der Waals surface area contributed by atoms with E-state index < -0.39 is 17.6 Å². The largest absolute Gasteiger partial charge is 0.444 e. The summed E-state index contributed by atoms with van der Waals surface area (Å²) in [4.78, 5) is 51.0. The van der Waals surface area contributed by atoms with E-state index in [-0.39, 0.29) is 36.3 Å². The van der Waals surface area contributed by atoms with Gasteiger partial charge in [-0.25, -0.2) is 9.59 Å². The van der Waals surface area contributed by atoms with Gasteiger partial charge in [-0.1, -0.05) is 6.07 Å². The fourth-order valence-corrected chi connectivity index (χ4v) is 5.59. The number of amides is 3. The zero-order valence-electron chi connectivity index (χ0n) is 22.0. The second kappa shape index (κ2) is 9.63. The average molecular weight is 513 g/mol. The lowest BCUT2D eigenvalue weighted by Crippen LogP contribution is -2.45. The fraction of sp³-hybridized carbons (Fsp3) is 0.630.